The third-order valence-electron chi connectivity index (χ3n) is 4.15. The molecule has 1 heterocycles. The standard InChI is InChI=1S/C18H21NO/c1-3-18(20)14-8-10-16(11-9-14)19-13(2)12-15-6-4-5-7-17(15)19/h4-11,13,18,20H,3,12H2,1-2H3/t13?,18-/m1/s1. The van der Waals surface area contributed by atoms with Crippen LogP contribution in [0.1, 0.15) is 37.5 Å². The van der Waals surface area contributed by atoms with Crippen LogP contribution in [0, 0.1) is 0 Å². The van der Waals surface area contributed by atoms with E-state index in [2.05, 4.69) is 48.2 Å². The Kier molecular flexibility index (Phi) is 3.49. The second-order valence-electron chi connectivity index (χ2n) is 5.57. The molecule has 2 atom stereocenters. The van der Waals surface area contributed by atoms with E-state index in [-0.39, 0.29) is 6.10 Å². The first-order valence-corrected chi connectivity index (χ1v) is 7.36. The summed E-state index contributed by atoms with van der Waals surface area (Å²) in [4.78, 5) is 2.39. The largest absolute Gasteiger partial charge is 0.388 e. The minimum Gasteiger partial charge on any atom is -0.388 e. The third-order valence-corrected chi connectivity index (χ3v) is 4.15. The topological polar surface area (TPSA) is 23.5 Å². The van der Waals surface area contributed by atoms with E-state index in [9.17, 15) is 5.11 Å². The summed E-state index contributed by atoms with van der Waals surface area (Å²) in [6, 6.07) is 17.4. The van der Waals surface area contributed by atoms with Crippen molar-refractivity contribution in [2.75, 3.05) is 4.90 Å². The van der Waals surface area contributed by atoms with E-state index in [1.54, 1.807) is 0 Å². The Morgan fingerprint density at radius 3 is 2.55 bits per heavy atom. The maximum Gasteiger partial charge on any atom is 0.0787 e. The van der Waals surface area contributed by atoms with Crippen LogP contribution < -0.4 is 4.90 Å². The van der Waals surface area contributed by atoms with Crippen LogP contribution in [0.3, 0.4) is 0 Å². The molecule has 2 aromatic rings. The van der Waals surface area contributed by atoms with Crippen molar-refractivity contribution in [3.05, 3.63) is 59.7 Å². The molecule has 0 spiro atoms. The van der Waals surface area contributed by atoms with Crippen LogP contribution in [0.4, 0.5) is 11.4 Å². The summed E-state index contributed by atoms with van der Waals surface area (Å²) >= 11 is 0. The molecule has 2 nitrogen and oxygen atoms in total. The molecule has 0 amide bonds. The second-order valence-corrected chi connectivity index (χ2v) is 5.57. The number of anilines is 2. The molecule has 1 aliphatic rings. The smallest absolute Gasteiger partial charge is 0.0787 e. The van der Waals surface area contributed by atoms with Gasteiger partial charge < -0.3 is 10.0 Å². The summed E-state index contributed by atoms with van der Waals surface area (Å²) in [7, 11) is 0. The van der Waals surface area contributed by atoms with E-state index in [0.29, 0.717) is 6.04 Å². The quantitative estimate of drug-likeness (QED) is 0.900. The van der Waals surface area contributed by atoms with Crippen LogP contribution in [0.2, 0.25) is 0 Å². The van der Waals surface area contributed by atoms with Crippen LogP contribution in [-0.2, 0) is 6.42 Å². The van der Waals surface area contributed by atoms with Crippen LogP contribution in [0.15, 0.2) is 48.5 Å². The molecule has 1 N–H and O–H groups in total. The third kappa shape index (κ3) is 2.20. The lowest BCUT2D eigenvalue weighted by Gasteiger charge is -2.25. The summed E-state index contributed by atoms with van der Waals surface area (Å²) in [6.07, 6.45) is 1.49. The zero-order chi connectivity index (χ0) is 14.1. The summed E-state index contributed by atoms with van der Waals surface area (Å²) in [5.74, 6) is 0. The Morgan fingerprint density at radius 2 is 1.85 bits per heavy atom. The van der Waals surface area contributed by atoms with Crippen LogP contribution in [-0.4, -0.2) is 11.1 Å². The van der Waals surface area contributed by atoms with Crippen molar-refractivity contribution < 1.29 is 5.11 Å². The monoisotopic (exact) mass is 267 g/mol. The normalized spacial score (nSPS) is 18.9. The number of para-hydroxylation sites is 1. The fourth-order valence-corrected chi connectivity index (χ4v) is 3.05. The molecule has 3 rings (SSSR count). The van der Waals surface area contributed by atoms with Crippen molar-refractivity contribution in [2.24, 2.45) is 0 Å². The summed E-state index contributed by atoms with van der Waals surface area (Å²) in [5, 5.41) is 9.88. The number of fused-ring (bicyclic) bond motifs is 1. The number of rotatable bonds is 3. The Hall–Kier alpha value is -1.80. The van der Waals surface area contributed by atoms with Crippen LogP contribution in [0.5, 0.6) is 0 Å². The van der Waals surface area contributed by atoms with Gasteiger partial charge in [-0.15, -0.1) is 0 Å². The van der Waals surface area contributed by atoms with Gasteiger partial charge in [0.2, 0.25) is 0 Å². The molecule has 104 valence electrons. The number of hydrogen-bond donors (Lipinski definition) is 1. The molecule has 0 fully saturated rings. The molecule has 0 aromatic heterocycles. The highest BCUT2D eigenvalue weighted by Gasteiger charge is 2.26. The lowest BCUT2D eigenvalue weighted by atomic mass is 10.1. The Morgan fingerprint density at radius 1 is 1.15 bits per heavy atom. The van der Waals surface area contributed by atoms with Gasteiger partial charge in [-0.1, -0.05) is 37.3 Å². The molecule has 20 heavy (non-hydrogen) atoms. The van der Waals surface area contributed by atoms with Crippen molar-refractivity contribution in [1.29, 1.82) is 0 Å². The minimum absolute atomic E-state index is 0.354. The lowest BCUT2D eigenvalue weighted by molar-refractivity contribution is 0.173. The summed E-state index contributed by atoms with van der Waals surface area (Å²) in [6.45, 7) is 4.26. The van der Waals surface area contributed by atoms with Gasteiger partial charge in [-0.3, -0.25) is 0 Å². The van der Waals surface area contributed by atoms with E-state index in [1.807, 2.05) is 19.1 Å². The lowest BCUT2D eigenvalue weighted by Crippen LogP contribution is -2.23. The number of aliphatic hydroxyl groups is 1. The first-order valence-electron chi connectivity index (χ1n) is 7.36. The highest BCUT2D eigenvalue weighted by atomic mass is 16.3. The van der Waals surface area contributed by atoms with Crippen molar-refractivity contribution in [3.8, 4) is 0 Å². The number of benzene rings is 2. The van der Waals surface area contributed by atoms with E-state index < -0.39 is 0 Å². The first-order chi connectivity index (χ1) is 9.70. The highest BCUT2D eigenvalue weighted by Crippen LogP contribution is 2.38. The molecule has 0 bridgehead atoms. The van der Waals surface area contributed by atoms with Crippen molar-refractivity contribution in [2.45, 2.75) is 38.8 Å². The Labute approximate surface area is 120 Å². The van der Waals surface area contributed by atoms with Gasteiger partial charge in [-0.05, 0) is 49.1 Å². The fourth-order valence-electron chi connectivity index (χ4n) is 3.05. The van der Waals surface area contributed by atoms with E-state index in [4.69, 9.17) is 0 Å². The van der Waals surface area contributed by atoms with Gasteiger partial charge in [0.15, 0.2) is 0 Å². The molecule has 1 aliphatic heterocycles. The van der Waals surface area contributed by atoms with E-state index in [1.165, 1.54) is 16.9 Å². The number of aliphatic hydroxyl groups excluding tert-OH is 1. The zero-order valence-electron chi connectivity index (χ0n) is 12.1. The maximum atomic E-state index is 9.88. The molecule has 0 radical (unpaired) electrons. The molecule has 0 aliphatic carbocycles. The van der Waals surface area contributed by atoms with Crippen molar-refractivity contribution >= 4 is 11.4 Å². The predicted octanol–water partition coefficient (Wildman–Crippen LogP) is 4.21. The Balaban J connectivity index is 1.93. The SMILES string of the molecule is CC[C@@H](O)c1ccc(N2c3ccccc3CC2C)cc1. The van der Waals surface area contributed by atoms with Crippen LogP contribution in [0.25, 0.3) is 0 Å². The van der Waals surface area contributed by atoms with Gasteiger partial charge >= 0.3 is 0 Å². The van der Waals surface area contributed by atoms with Crippen molar-refractivity contribution in [1.82, 2.24) is 0 Å². The molecule has 2 aromatic carbocycles. The predicted molar refractivity (Wildman–Crippen MR) is 83.4 cm³/mol. The first kappa shape index (κ1) is 13.2. The fraction of sp³-hybridized carbons (Fsp3) is 0.333. The second kappa shape index (κ2) is 5.29. The summed E-state index contributed by atoms with van der Waals surface area (Å²) < 4.78 is 0. The number of hydrogen-bond acceptors (Lipinski definition) is 2. The number of nitrogens with zero attached hydrogens (tertiary/aromatic N) is 1. The highest BCUT2D eigenvalue weighted by molar-refractivity contribution is 5.71. The molecule has 0 saturated heterocycles. The van der Waals surface area contributed by atoms with Gasteiger partial charge in [0.1, 0.15) is 0 Å². The van der Waals surface area contributed by atoms with E-state index in [0.717, 1.165) is 18.4 Å². The average molecular weight is 267 g/mol. The van der Waals surface area contributed by atoms with E-state index >= 15 is 0 Å². The van der Waals surface area contributed by atoms with Gasteiger partial charge in [0.05, 0.1) is 6.10 Å². The molecule has 0 saturated carbocycles. The zero-order valence-corrected chi connectivity index (χ0v) is 12.1. The van der Waals surface area contributed by atoms with Gasteiger partial charge in [0, 0.05) is 17.4 Å². The van der Waals surface area contributed by atoms with Gasteiger partial charge in [0.25, 0.3) is 0 Å². The maximum absolute atomic E-state index is 9.88. The molecular weight excluding hydrogens is 246 g/mol. The molecule has 2 heteroatoms. The van der Waals surface area contributed by atoms with Gasteiger partial charge in [-0.2, -0.15) is 0 Å². The molecular formula is C18H21NO. The Bertz CT molecular complexity index is 591. The molecule has 1 unspecified atom stereocenters. The summed E-state index contributed by atoms with van der Waals surface area (Å²) in [5.41, 5.74) is 4.92. The van der Waals surface area contributed by atoms with Crippen molar-refractivity contribution in [3.63, 3.8) is 0 Å². The average Bonchev–Trinajstić information content (AvgIpc) is 2.82. The minimum atomic E-state index is -0.354. The van der Waals surface area contributed by atoms with Gasteiger partial charge in [-0.25, -0.2) is 0 Å². The van der Waals surface area contributed by atoms with Crippen LogP contribution >= 0.6 is 0 Å².